The summed E-state index contributed by atoms with van der Waals surface area (Å²) in [6, 6.07) is 0. The van der Waals surface area contributed by atoms with Crippen molar-refractivity contribution in [2.75, 3.05) is 13.2 Å². The van der Waals surface area contributed by atoms with E-state index in [9.17, 15) is 14.4 Å². The first-order valence-corrected chi connectivity index (χ1v) is 23.8. The van der Waals surface area contributed by atoms with Gasteiger partial charge in [-0.05, 0) is 44.9 Å². The molecule has 1 unspecified atom stereocenters. The summed E-state index contributed by atoms with van der Waals surface area (Å²) >= 11 is 0. The van der Waals surface area contributed by atoms with E-state index in [4.69, 9.17) is 14.2 Å². The van der Waals surface area contributed by atoms with E-state index in [1.165, 1.54) is 116 Å². The van der Waals surface area contributed by atoms with E-state index in [1.54, 1.807) is 6.08 Å². The maximum atomic E-state index is 12.6. The van der Waals surface area contributed by atoms with Crippen molar-refractivity contribution in [1.29, 1.82) is 0 Å². The second-order valence-corrected chi connectivity index (χ2v) is 15.7. The first-order valence-electron chi connectivity index (χ1n) is 23.8. The zero-order valence-corrected chi connectivity index (χ0v) is 37.3. The highest BCUT2D eigenvalue weighted by atomic mass is 16.6. The quantitative estimate of drug-likeness (QED) is 0.0265. The minimum absolute atomic E-state index is 0.100. The summed E-state index contributed by atoms with van der Waals surface area (Å²) in [6.45, 7) is 6.38. The number of hydrogen-bond donors (Lipinski definition) is 0. The van der Waals surface area contributed by atoms with Gasteiger partial charge < -0.3 is 14.2 Å². The van der Waals surface area contributed by atoms with Crippen LogP contribution in [0.1, 0.15) is 226 Å². The van der Waals surface area contributed by atoms with Crippen LogP contribution in [0.5, 0.6) is 0 Å². The van der Waals surface area contributed by atoms with Gasteiger partial charge in [-0.25, -0.2) is 0 Å². The number of unbranched alkanes of at least 4 members (excludes halogenated alkanes) is 22. The summed E-state index contributed by atoms with van der Waals surface area (Å²) in [4.78, 5) is 37.5. The fraction of sp³-hybridized carbons (Fsp3) is 0.745. The van der Waals surface area contributed by atoms with Gasteiger partial charge in [0, 0.05) is 12.8 Å². The van der Waals surface area contributed by atoms with Crippen LogP contribution in [0, 0.1) is 0 Å². The molecule has 0 spiro atoms. The predicted octanol–water partition coefficient (Wildman–Crippen LogP) is 15.3. The molecule has 0 amide bonds. The molecule has 0 rings (SSSR count). The van der Waals surface area contributed by atoms with Gasteiger partial charge >= 0.3 is 17.9 Å². The lowest BCUT2D eigenvalue weighted by molar-refractivity contribution is -0.166. The Hall–Kier alpha value is -2.89. The van der Waals surface area contributed by atoms with Gasteiger partial charge in [0.2, 0.25) is 0 Å². The molecule has 0 aliphatic heterocycles. The van der Waals surface area contributed by atoms with Crippen LogP contribution < -0.4 is 0 Å². The Bertz CT molecular complexity index is 1050. The Morgan fingerprint density at radius 1 is 0.368 bits per heavy atom. The molecule has 0 saturated heterocycles. The van der Waals surface area contributed by atoms with Gasteiger partial charge in [-0.1, -0.05) is 223 Å². The second kappa shape index (κ2) is 45.8. The predicted molar refractivity (Wildman–Crippen MR) is 242 cm³/mol. The summed E-state index contributed by atoms with van der Waals surface area (Å²) in [5.41, 5.74) is 0. The summed E-state index contributed by atoms with van der Waals surface area (Å²) < 4.78 is 16.5. The maximum Gasteiger partial charge on any atom is 0.310 e. The molecule has 0 aliphatic rings. The van der Waals surface area contributed by atoms with E-state index in [-0.39, 0.29) is 31.6 Å². The lowest BCUT2D eigenvalue weighted by atomic mass is 10.0. The van der Waals surface area contributed by atoms with E-state index < -0.39 is 12.1 Å². The molecule has 0 aromatic carbocycles. The zero-order chi connectivity index (χ0) is 41.5. The van der Waals surface area contributed by atoms with E-state index >= 15 is 0 Å². The van der Waals surface area contributed by atoms with Crippen LogP contribution in [0.25, 0.3) is 0 Å². The molecule has 0 aromatic heterocycles. The van der Waals surface area contributed by atoms with E-state index in [0.29, 0.717) is 12.8 Å². The molecule has 1 atom stereocenters. The van der Waals surface area contributed by atoms with Gasteiger partial charge in [0.25, 0.3) is 0 Å². The molecule has 0 radical (unpaired) electrons. The molecule has 0 aliphatic carbocycles. The minimum Gasteiger partial charge on any atom is -0.462 e. The van der Waals surface area contributed by atoms with Crippen molar-refractivity contribution in [3.63, 3.8) is 0 Å². The number of carbonyl (C=O) groups excluding carboxylic acids is 3. The van der Waals surface area contributed by atoms with Crippen molar-refractivity contribution in [1.82, 2.24) is 0 Å². The van der Waals surface area contributed by atoms with Crippen molar-refractivity contribution in [2.45, 2.75) is 232 Å². The van der Waals surface area contributed by atoms with Crippen LogP contribution in [0.2, 0.25) is 0 Å². The van der Waals surface area contributed by atoms with Gasteiger partial charge in [-0.3, -0.25) is 14.4 Å². The summed E-state index contributed by atoms with van der Waals surface area (Å²) in [5, 5.41) is 0. The number of ether oxygens (including phenoxy) is 3. The highest BCUT2D eigenvalue weighted by molar-refractivity contribution is 5.72. The van der Waals surface area contributed by atoms with Crippen LogP contribution in [-0.4, -0.2) is 37.2 Å². The van der Waals surface area contributed by atoms with E-state index in [2.05, 4.69) is 69.4 Å². The molecule has 328 valence electrons. The number of rotatable bonds is 42. The Kier molecular flexibility index (Phi) is 43.5. The van der Waals surface area contributed by atoms with Crippen LogP contribution in [0.3, 0.4) is 0 Å². The topological polar surface area (TPSA) is 78.9 Å². The minimum atomic E-state index is -0.821. The third kappa shape index (κ3) is 44.1. The molecule has 6 heteroatoms. The summed E-state index contributed by atoms with van der Waals surface area (Å²) in [6.07, 6.45) is 55.4. The van der Waals surface area contributed by atoms with Gasteiger partial charge in [-0.2, -0.15) is 0 Å². The van der Waals surface area contributed by atoms with E-state index in [0.717, 1.165) is 70.6 Å². The lowest BCUT2D eigenvalue weighted by Gasteiger charge is -2.18. The van der Waals surface area contributed by atoms with Crippen molar-refractivity contribution < 1.29 is 28.6 Å². The average molecular weight is 797 g/mol. The van der Waals surface area contributed by atoms with Crippen molar-refractivity contribution >= 4 is 17.9 Å². The lowest BCUT2D eigenvalue weighted by Crippen LogP contribution is -2.30. The Morgan fingerprint density at radius 2 is 0.667 bits per heavy atom. The molecule has 6 nitrogen and oxygen atoms in total. The normalized spacial score (nSPS) is 12.5. The summed E-state index contributed by atoms with van der Waals surface area (Å²) in [5.74, 6) is -1.05. The van der Waals surface area contributed by atoms with Crippen molar-refractivity contribution in [3.05, 3.63) is 60.8 Å². The molecule has 0 fully saturated rings. The molecule has 0 bridgehead atoms. The third-order valence-electron chi connectivity index (χ3n) is 10.1. The van der Waals surface area contributed by atoms with Crippen molar-refractivity contribution in [2.24, 2.45) is 0 Å². The van der Waals surface area contributed by atoms with E-state index in [1.807, 2.05) is 6.08 Å². The second-order valence-electron chi connectivity index (χ2n) is 15.7. The first kappa shape index (κ1) is 54.1. The van der Waals surface area contributed by atoms with Crippen LogP contribution in [-0.2, 0) is 28.6 Å². The maximum absolute atomic E-state index is 12.6. The average Bonchev–Trinajstić information content (AvgIpc) is 3.21. The highest BCUT2D eigenvalue weighted by Gasteiger charge is 2.19. The smallest absolute Gasteiger partial charge is 0.310 e. The standard InChI is InChI=1S/C51H88O6/c1-4-7-10-13-16-18-20-22-24-25-26-28-29-31-33-35-38-41-44-50(53)56-47-48(46-55-49(52)43-40-37-15-12-9-6-3)57-51(54)45-42-39-36-34-32-30-27-23-21-19-17-14-11-8-5-2/h8,11,17,19,23,27,32,34,39,42,48H,4-7,9-10,12-16,18,20-22,24-26,28-31,33,35-38,40-41,43-47H2,1-3H3/b11-8-,19-17-,27-23-,34-32-,42-39-. The molecular weight excluding hydrogens is 709 g/mol. The Balaban J connectivity index is 4.33. The number of carbonyl (C=O) groups is 3. The molecule has 57 heavy (non-hydrogen) atoms. The van der Waals surface area contributed by atoms with Gasteiger partial charge in [-0.15, -0.1) is 0 Å². The molecule has 0 heterocycles. The number of esters is 3. The van der Waals surface area contributed by atoms with Crippen LogP contribution >= 0.6 is 0 Å². The monoisotopic (exact) mass is 797 g/mol. The number of hydrogen-bond acceptors (Lipinski definition) is 6. The van der Waals surface area contributed by atoms with Gasteiger partial charge in [0.15, 0.2) is 6.10 Å². The van der Waals surface area contributed by atoms with Crippen LogP contribution in [0.4, 0.5) is 0 Å². The Morgan fingerprint density at radius 3 is 1.00 bits per heavy atom. The molecule has 0 N–H and O–H groups in total. The largest absolute Gasteiger partial charge is 0.462 e. The molecule has 0 saturated carbocycles. The zero-order valence-electron chi connectivity index (χ0n) is 37.3. The Labute approximate surface area is 351 Å². The van der Waals surface area contributed by atoms with Gasteiger partial charge in [0.1, 0.15) is 13.2 Å². The summed E-state index contributed by atoms with van der Waals surface area (Å²) in [7, 11) is 0. The SMILES string of the molecule is CC/C=C\C/C=C\C/C=C\C/C=C\C/C=C\CC(=O)OC(COC(=O)CCCCCCCC)COC(=O)CCCCCCCCCCCCCCCCCCCC. The van der Waals surface area contributed by atoms with Crippen LogP contribution in [0.15, 0.2) is 60.8 Å². The fourth-order valence-electron chi connectivity index (χ4n) is 6.52. The molecule has 0 aromatic rings. The first-order chi connectivity index (χ1) is 28.0. The highest BCUT2D eigenvalue weighted by Crippen LogP contribution is 2.15. The van der Waals surface area contributed by atoms with Gasteiger partial charge in [0.05, 0.1) is 6.42 Å². The van der Waals surface area contributed by atoms with Crippen molar-refractivity contribution in [3.8, 4) is 0 Å². The molecular formula is C51H88O6. The third-order valence-corrected chi connectivity index (χ3v) is 10.1. The fourth-order valence-corrected chi connectivity index (χ4v) is 6.52. The number of allylic oxidation sites excluding steroid dienone is 9.